The van der Waals surface area contributed by atoms with Crippen molar-refractivity contribution in [2.45, 2.75) is 57.6 Å². The van der Waals surface area contributed by atoms with Crippen LogP contribution in [0.4, 0.5) is 4.79 Å². The molecular weight excluding hydrogens is 280 g/mol. The summed E-state index contributed by atoms with van der Waals surface area (Å²) in [5, 5.41) is 3.66. The largest absolute Gasteiger partial charge is 0.444 e. The molecule has 1 atom stereocenters. The average Bonchev–Trinajstić information content (AvgIpc) is 2.81. The van der Waals surface area contributed by atoms with Crippen molar-refractivity contribution in [2.24, 2.45) is 0 Å². The first kappa shape index (κ1) is 15.3. The number of amides is 1. The van der Waals surface area contributed by atoms with Gasteiger partial charge in [0.05, 0.1) is 17.6 Å². The van der Waals surface area contributed by atoms with Crippen LogP contribution in [-0.4, -0.2) is 46.2 Å². The number of hydrogen-bond acceptors (Lipinski definition) is 4. The molecule has 0 radical (unpaired) electrons. The summed E-state index contributed by atoms with van der Waals surface area (Å²) >= 11 is 0. The first-order valence-electron chi connectivity index (χ1n) is 8.15. The summed E-state index contributed by atoms with van der Waals surface area (Å²) in [5.41, 5.74) is 1.85. The first-order chi connectivity index (χ1) is 10.4. The highest BCUT2D eigenvalue weighted by atomic mass is 16.6. The summed E-state index contributed by atoms with van der Waals surface area (Å²) in [5.74, 6) is 0. The lowest BCUT2D eigenvalue weighted by atomic mass is 9.83. The van der Waals surface area contributed by atoms with Crippen LogP contribution < -0.4 is 5.32 Å². The van der Waals surface area contributed by atoms with Gasteiger partial charge in [0.15, 0.2) is 0 Å². The maximum Gasteiger partial charge on any atom is 0.410 e. The third-order valence-corrected chi connectivity index (χ3v) is 4.50. The number of carbonyl (C=O) groups is 1. The van der Waals surface area contributed by atoms with Crippen LogP contribution in [0.25, 0.3) is 0 Å². The number of nitrogens with one attached hydrogen (secondary N) is 2. The molecule has 3 rings (SSSR count). The van der Waals surface area contributed by atoms with Crippen molar-refractivity contribution >= 4 is 6.09 Å². The van der Waals surface area contributed by atoms with Crippen molar-refractivity contribution < 1.29 is 9.53 Å². The number of fused-ring (bicyclic) bond motifs is 2. The molecule has 0 saturated carbocycles. The molecule has 0 bridgehead atoms. The van der Waals surface area contributed by atoms with Gasteiger partial charge >= 0.3 is 6.09 Å². The molecule has 3 heterocycles. The van der Waals surface area contributed by atoms with Crippen LogP contribution in [0, 0.1) is 0 Å². The summed E-state index contributed by atoms with van der Waals surface area (Å²) in [7, 11) is 0. The molecule has 1 spiro atoms. The van der Waals surface area contributed by atoms with Gasteiger partial charge in [-0.2, -0.15) is 0 Å². The molecule has 2 N–H and O–H groups in total. The fraction of sp³-hybridized carbons (Fsp3) is 0.750. The van der Waals surface area contributed by atoms with E-state index in [-0.39, 0.29) is 11.6 Å². The maximum atomic E-state index is 12.3. The van der Waals surface area contributed by atoms with Crippen LogP contribution >= 0.6 is 0 Å². The fourth-order valence-corrected chi connectivity index (χ4v) is 3.49. The number of ether oxygens (including phenoxy) is 1. The molecule has 0 aromatic carbocycles. The Morgan fingerprint density at radius 3 is 2.95 bits per heavy atom. The number of H-pyrrole nitrogens is 1. The van der Waals surface area contributed by atoms with Crippen molar-refractivity contribution in [3.63, 3.8) is 0 Å². The van der Waals surface area contributed by atoms with Gasteiger partial charge in [-0.15, -0.1) is 0 Å². The molecule has 6 heteroatoms. The van der Waals surface area contributed by atoms with Gasteiger partial charge in [-0.05, 0) is 40.0 Å². The van der Waals surface area contributed by atoms with Crippen molar-refractivity contribution in [3.8, 4) is 0 Å². The van der Waals surface area contributed by atoms with Crippen molar-refractivity contribution in [1.29, 1.82) is 0 Å². The van der Waals surface area contributed by atoms with E-state index in [9.17, 15) is 4.79 Å². The Morgan fingerprint density at radius 2 is 2.18 bits per heavy atom. The Morgan fingerprint density at radius 1 is 1.36 bits per heavy atom. The normalized spacial score (nSPS) is 25.7. The van der Waals surface area contributed by atoms with Gasteiger partial charge in [-0.3, -0.25) is 0 Å². The number of carbonyl (C=O) groups excluding carboxylic acids is 1. The summed E-state index contributed by atoms with van der Waals surface area (Å²) < 4.78 is 5.51. The number of aromatic nitrogens is 2. The molecule has 1 fully saturated rings. The number of aromatic amines is 1. The quantitative estimate of drug-likeness (QED) is 0.770. The van der Waals surface area contributed by atoms with Gasteiger partial charge in [-0.1, -0.05) is 0 Å². The molecule has 6 nitrogen and oxygen atoms in total. The molecule has 1 saturated heterocycles. The van der Waals surface area contributed by atoms with Crippen LogP contribution in [0.1, 0.15) is 51.4 Å². The Balaban J connectivity index is 1.72. The first-order valence-corrected chi connectivity index (χ1v) is 8.15. The molecule has 2 aliphatic heterocycles. The number of hydrogen-bond donors (Lipinski definition) is 2. The minimum atomic E-state index is -0.445. The zero-order chi connectivity index (χ0) is 15.8. The zero-order valence-corrected chi connectivity index (χ0v) is 13.7. The van der Waals surface area contributed by atoms with Crippen LogP contribution in [0.5, 0.6) is 0 Å². The van der Waals surface area contributed by atoms with Gasteiger partial charge in [0.1, 0.15) is 5.60 Å². The number of rotatable bonds is 0. The summed E-state index contributed by atoms with van der Waals surface area (Å²) in [6.07, 6.45) is 5.41. The summed E-state index contributed by atoms with van der Waals surface area (Å²) in [6, 6.07) is 0. The van der Waals surface area contributed by atoms with E-state index in [1.165, 1.54) is 5.69 Å². The predicted molar refractivity (Wildman–Crippen MR) is 83.6 cm³/mol. The number of likely N-dealkylation sites (tertiary alicyclic amines) is 1. The predicted octanol–water partition coefficient (Wildman–Crippen LogP) is 2.17. The van der Waals surface area contributed by atoms with Crippen molar-refractivity contribution in [2.75, 3.05) is 19.6 Å². The second-order valence-corrected chi connectivity index (χ2v) is 7.31. The number of imidazole rings is 1. The highest BCUT2D eigenvalue weighted by Crippen LogP contribution is 2.36. The monoisotopic (exact) mass is 306 g/mol. The summed E-state index contributed by atoms with van der Waals surface area (Å²) in [6.45, 7) is 8.13. The van der Waals surface area contributed by atoms with Gasteiger partial charge in [0.2, 0.25) is 0 Å². The molecular formula is C16H26N4O2. The Bertz CT molecular complexity index is 549. The third kappa shape index (κ3) is 2.97. The van der Waals surface area contributed by atoms with Crippen LogP contribution in [-0.2, 0) is 16.7 Å². The Labute approximate surface area is 131 Å². The van der Waals surface area contributed by atoms with E-state index in [1.54, 1.807) is 6.33 Å². The van der Waals surface area contributed by atoms with Gasteiger partial charge < -0.3 is 19.9 Å². The second kappa shape index (κ2) is 5.57. The molecule has 122 valence electrons. The van der Waals surface area contributed by atoms with E-state index >= 15 is 0 Å². The van der Waals surface area contributed by atoms with Gasteiger partial charge in [-0.25, -0.2) is 9.78 Å². The lowest BCUT2D eigenvalue weighted by Crippen LogP contribution is -2.48. The topological polar surface area (TPSA) is 70.2 Å². The maximum absolute atomic E-state index is 12.3. The van der Waals surface area contributed by atoms with Crippen LogP contribution in [0.15, 0.2) is 6.33 Å². The standard InChI is InChI=1S/C16H26N4O2/c1-15(2,3)22-14(21)20-9-4-6-16(7-10-20)13-12(5-8-19-16)17-11-18-13/h11,19H,4-10H2,1-3H3,(H,17,18). The molecule has 1 amide bonds. The van der Waals surface area contributed by atoms with Crippen LogP contribution in [0.2, 0.25) is 0 Å². The van der Waals surface area contributed by atoms with Gasteiger partial charge in [0.25, 0.3) is 0 Å². The van der Waals surface area contributed by atoms with E-state index in [1.807, 2.05) is 25.7 Å². The zero-order valence-electron chi connectivity index (χ0n) is 13.7. The smallest absolute Gasteiger partial charge is 0.410 e. The molecule has 0 aliphatic carbocycles. The molecule has 1 aromatic rings. The minimum absolute atomic E-state index is 0.0929. The van der Waals surface area contributed by atoms with E-state index in [0.29, 0.717) is 6.54 Å². The lowest BCUT2D eigenvalue weighted by Gasteiger charge is -2.36. The van der Waals surface area contributed by atoms with Gasteiger partial charge in [0, 0.05) is 31.7 Å². The molecule has 2 aliphatic rings. The van der Waals surface area contributed by atoms with E-state index in [0.717, 1.165) is 44.5 Å². The SMILES string of the molecule is CC(C)(C)OC(=O)N1CCCC2(CC1)NCCc1[nH]cnc12. The van der Waals surface area contributed by atoms with Crippen LogP contribution in [0.3, 0.4) is 0 Å². The molecule has 1 unspecified atom stereocenters. The summed E-state index contributed by atoms with van der Waals surface area (Å²) in [4.78, 5) is 21.9. The number of nitrogens with zero attached hydrogens (tertiary/aromatic N) is 2. The molecule has 1 aromatic heterocycles. The third-order valence-electron chi connectivity index (χ3n) is 4.50. The fourth-order valence-electron chi connectivity index (χ4n) is 3.49. The van der Waals surface area contributed by atoms with E-state index < -0.39 is 5.60 Å². The highest BCUT2D eigenvalue weighted by molar-refractivity contribution is 5.68. The van der Waals surface area contributed by atoms with E-state index in [2.05, 4.69) is 15.3 Å². The molecule has 22 heavy (non-hydrogen) atoms. The lowest BCUT2D eigenvalue weighted by molar-refractivity contribution is 0.0252. The van der Waals surface area contributed by atoms with Crippen molar-refractivity contribution in [1.82, 2.24) is 20.2 Å². The highest BCUT2D eigenvalue weighted by Gasteiger charge is 2.40. The second-order valence-electron chi connectivity index (χ2n) is 7.31. The van der Waals surface area contributed by atoms with E-state index in [4.69, 9.17) is 4.74 Å². The minimum Gasteiger partial charge on any atom is -0.444 e. The Hall–Kier alpha value is -1.56. The average molecular weight is 306 g/mol. The Kier molecular flexibility index (Phi) is 3.89. The van der Waals surface area contributed by atoms with Crippen molar-refractivity contribution in [3.05, 3.63) is 17.7 Å².